The normalized spacial score (nSPS) is 12.4. The van der Waals surface area contributed by atoms with E-state index in [-0.39, 0.29) is 22.1 Å². The van der Waals surface area contributed by atoms with Crippen molar-refractivity contribution in [3.8, 4) is 11.3 Å². The van der Waals surface area contributed by atoms with Crippen molar-refractivity contribution in [1.82, 2.24) is 9.55 Å². The van der Waals surface area contributed by atoms with Crippen LogP contribution in [0.2, 0.25) is 5.15 Å². The number of hydrogen-bond acceptors (Lipinski definition) is 3. The van der Waals surface area contributed by atoms with E-state index >= 15 is 0 Å². The molecule has 0 fully saturated rings. The number of aromatic nitrogens is 2. The van der Waals surface area contributed by atoms with Crippen LogP contribution in [0, 0.1) is 0 Å². The third-order valence-electron chi connectivity index (χ3n) is 3.68. The molecule has 0 amide bonds. The third kappa shape index (κ3) is 4.08. The summed E-state index contributed by atoms with van der Waals surface area (Å²) in [6, 6.07) is 9.50. The lowest BCUT2D eigenvalue weighted by Crippen LogP contribution is -2.27. The van der Waals surface area contributed by atoms with E-state index in [1.807, 2.05) is 0 Å². The quantitative estimate of drug-likeness (QED) is 0.463. The van der Waals surface area contributed by atoms with E-state index < -0.39 is 23.4 Å². The average Bonchev–Trinajstić information content (AvgIpc) is 2.91. The van der Waals surface area contributed by atoms with Gasteiger partial charge in [-0.25, -0.2) is 14.3 Å². The predicted molar refractivity (Wildman–Crippen MR) is 96.8 cm³/mol. The van der Waals surface area contributed by atoms with Crippen LogP contribution in [0.5, 0.6) is 0 Å². The Morgan fingerprint density at radius 3 is 2.44 bits per heavy atom. The Hall–Kier alpha value is -2.54. The van der Waals surface area contributed by atoms with Crippen LogP contribution in [0.1, 0.15) is 26.3 Å². The molecule has 4 nitrogen and oxygen atoms in total. The third-order valence-corrected chi connectivity index (χ3v) is 3.89. The number of carbonyl (C=O) groups is 1. The maximum absolute atomic E-state index is 13.1. The van der Waals surface area contributed by atoms with Crippen molar-refractivity contribution in [1.29, 1.82) is 0 Å². The number of fused-ring (bicyclic) bond motifs is 1. The zero-order chi connectivity index (χ0) is 20.0. The highest BCUT2D eigenvalue weighted by Gasteiger charge is 2.31. The van der Waals surface area contributed by atoms with Gasteiger partial charge in [0.1, 0.15) is 10.8 Å². The van der Waals surface area contributed by atoms with Crippen molar-refractivity contribution in [2.75, 3.05) is 0 Å². The fourth-order valence-electron chi connectivity index (χ4n) is 2.61. The first-order valence-electron chi connectivity index (χ1n) is 8.05. The topological polar surface area (TPSA) is 44.1 Å². The summed E-state index contributed by atoms with van der Waals surface area (Å²) >= 11 is 5.94. The molecule has 142 valence electrons. The van der Waals surface area contributed by atoms with Gasteiger partial charge >= 0.3 is 12.3 Å². The van der Waals surface area contributed by atoms with E-state index in [4.69, 9.17) is 16.3 Å². The van der Waals surface area contributed by atoms with Crippen LogP contribution in [0.4, 0.5) is 18.0 Å². The van der Waals surface area contributed by atoms with Crippen molar-refractivity contribution >= 4 is 28.7 Å². The number of rotatable bonds is 1. The van der Waals surface area contributed by atoms with Gasteiger partial charge in [0.15, 0.2) is 5.65 Å². The SMILES string of the molecule is CC(C)(C)OC(=O)n1c(-c2cccc(C(F)(F)F)c2)cc2ccc(Cl)nc21. The highest BCUT2D eigenvalue weighted by atomic mass is 35.5. The van der Waals surface area contributed by atoms with E-state index in [1.165, 1.54) is 12.1 Å². The minimum atomic E-state index is -4.50. The molecule has 2 aromatic heterocycles. The van der Waals surface area contributed by atoms with E-state index in [1.54, 1.807) is 39.0 Å². The summed E-state index contributed by atoms with van der Waals surface area (Å²) < 4.78 is 45.8. The number of halogens is 4. The molecule has 3 rings (SSSR count). The fourth-order valence-corrected chi connectivity index (χ4v) is 2.76. The molecule has 1 aromatic carbocycles. The number of benzene rings is 1. The van der Waals surface area contributed by atoms with Gasteiger partial charge in [-0.15, -0.1) is 0 Å². The van der Waals surface area contributed by atoms with Crippen LogP contribution in [-0.4, -0.2) is 21.2 Å². The average molecular weight is 397 g/mol. The van der Waals surface area contributed by atoms with Gasteiger partial charge in [0.2, 0.25) is 0 Å². The minimum absolute atomic E-state index is 0.154. The lowest BCUT2D eigenvalue weighted by atomic mass is 10.1. The summed E-state index contributed by atoms with van der Waals surface area (Å²) in [7, 11) is 0. The standard InChI is InChI=1S/C19H16ClF3N2O2/c1-18(2,3)27-17(26)25-14(10-12-7-8-15(20)24-16(12)25)11-5-4-6-13(9-11)19(21,22)23/h4-10H,1-3H3. The highest BCUT2D eigenvalue weighted by molar-refractivity contribution is 6.29. The smallest absolute Gasteiger partial charge is 0.420 e. The molecule has 2 heterocycles. The van der Waals surface area contributed by atoms with Crippen LogP contribution in [0.3, 0.4) is 0 Å². The molecule has 0 aliphatic carbocycles. The summed E-state index contributed by atoms with van der Waals surface area (Å²) in [6.45, 7) is 5.09. The Morgan fingerprint density at radius 2 is 1.81 bits per heavy atom. The molecular weight excluding hydrogens is 381 g/mol. The number of alkyl halides is 3. The van der Waals surface area contributed by atoms with Gasteiger partial charge in [-0.3, -0.25) is 0 Å². The Balaban J connectivity index is 2.24. The first-order valence-corrected chi connectivity index (χ1v) is 8.42. The summed E-state index contributed by atoms with van der Waals surface area (Å²) in [5, 5.41) is 0.707. The highest BCUT2D eigenvalue weighted by Crippen LogP contribution is 2.34. The molecule has 27 heavy (non-hydrogen) atoms. The zero-order valence-electron chi connectivity index (χ0n) is 14.8. The van der Waals surface area contributed by atoms with Crippen LogP contribution < -0.4 is 0 Å². The van der Waals surface area contributed by atoms with Crippen molar-refractivity contribution in [3.05, 3.63) is 53.2 Å². The molecule has 3 aromatic rings. The van der Waals surface area contributed by atoms with Crippen molar-refractivity contribution in [2.24, 2.45) is 0 Å². The van der Waals surface area contributed by atoms with Gasteiger partial charge in [-0.1, -0.05) is 23.7 Å². The van der Waals surface area contributed by atoms with Gasteiger partial charge in [0.05, 0.1) is 11.3 Å². The molecule has 0 spiro atoms. The molecule has 0 bridgehead atoms. The maximum atomic E-state index is 13.1. The van der Waals surface area contributed by atoms with Crippen molar-refractivity contribution < 1.29 is 22.7 Å². The van der Waals surface area contributed by atoms with Gasteiger partial charge < -0.3 is 4.74 Å². The number of ether oxygens (including phenoxy) is 1. The largest absolute Gasteiger partial charge is 0.443 e. The Morgan fingerprint density at radius 1 is 1.11 bits per heavy atom. The van der Waals surface area contributed by atoms with Gasteiger partial charge in [-0.05, 0) is 56.7 Å². The molecule has 0 aliphatic heterocycles. The fraction of sp³-hybridized carbons (Fsp3) is 0.263. The first-order chi connectivity index (χ1) is 12.5. The van der Waals surface area contributed by atoms with E-state index in [2.05, 4.69) is 4.98 Å². The molecule has 0 atom stereocenters. The minimum Gasteiger partial charge on any atom is -0.443 e. The van der Waals surface area contributed by atoms with Crippen molar-refractivity contribution in [3.63, 3.8) is 0 Å². The molecule has 0 saturated carbocycles. The molecule has 8 heteroatoms. The summed E-state index contributed by atoms with van der Waals surface area (Å²) in [4.78, 5) is 16.9. The second-order valence-corrected chi connectivity index (χ2v) is 7.36. The molecule has 0 unspecified atom stereocenters. The second-order valence-electron chi connectivity index (χ2n) is 6.97. The molecule has 0 radical (unpaired) electrons. The Kier molecular flexibility index (Phi) is 4.67. The monoisotopic (exact) mass is 396 g/mol. The molecular formula is C19H16ClF3N2O2. The Bertz CT molecular complexity index is 1020. The van der Waals surface area contributed by atoms with Gasteiger partial charge in [0, 0.05) is 5.39 Å². The summed E-state index contributed by atoms with van der Waals surface area (Å²) in [5.41, 5.74) is -0.946. The van der Waals surface area contributed by atoms with Crippen LogP contribution >= 0.6 is 11.6 Å². The Labute approximate surface area is 158 Å². The van der Waals surface area contributed by atoms with Crippen molar-refractivity contribution in [2.45, 2.75) is 32.5 Å². The summed E-state index contributed by atoms with van der Waals surface area (Å²) in [6.07, 6.45) is -5.25. The maximum Gasteiger partial charge on any atom is 0.420 e. The van der Waals surface area contributed by atoms with Gasteiger partial charge in [0.25, 0.3) is 0 Å². The van der Waals surface area contributed by atoms with E-state index in [0.29, 0.717) is 5.39 Å². The van der Waals surface area contributed by atoms with E-state index in [9.17, 15) is 18.0 Å². The van der Waals surface area contributed by atoms with E-state index in [0.717, 1.165) is 16.7 Å². The molecule has 0 saturated heterocycles. The number of carbonyl (C=O) groups excluding carboxylic acids is 1. The van der Waals surface area contributed by atoms with Gasteiger partial charge in [-0.2, -0.15) is 13.2 Å². The number of nitrogens with zero attached hydrogens (tertiary/aromatic N) is 2. The van der Waals surface area contributed by atoms with Crippen LogP contribution in [-0.2, 0) is 10.9 Å². The second kappa shape index (κ2) is 6.56. The first kappa shape index (κ1) is 19.2. The number of pyridine rings is 1. The lowest BCUT2D eigenvalue weighted by molar-refractivity contribution is -0.137. The number of hydrogen-bond donors (Lipinski definition) is 0. The summed E-state index contributed by atoms with van der Waals surface area (Å²) in [5.74, 6) is 0. The lowest BCUT2D eigenvalue weighted by Gasteiger charge is -2.21. The molecule has 0 N–H and O–H groups in total. The predicted octanol–water partition coefficient (Wildman–Crippen LogP) is 6.16. The van der Waals surface area contributed by atoms with Crippen LogP contribution in [0.15, 0.2) is 42.5 Å². The zero-order valence-corrected chi connectivity index (χ0v) is 15.5. The molecule has 0 aliphatic rings. The van der Waals surface area contributed by atoms with Crippen LogP contribution in [0.25, 0.3) is 22.3 Å².